The molecule has 0 unspecified atom stereocenters. The Labute approximate surface area is 98.3 Å². The molecule has 0 fully saturated rings. The summed E-state index contributed by atoms with van der Waals surface area (Å²) in [6, 6.07) is 7.15. The molecule has 0 aliphatic rings. The van der Waals surface area contributed by atoms with E-state index in [9.17, 15) is 4.79 Å². The summed E-state index contributed by atoms with van der Waals surface area (Å²) in [5, 5.41) is 8.96. The van der Waals surface area contributed by atoms with E-state index in [2.05, 4.69) is 20.5 Å². The average Bonchev–Trinajstić information content (AvgIpc) is 2.73. The van der Waals surface area contributed by atoms with Crippen LogP contribution in [0.1, 0.15) is 21.9 Å². The highest BCUT2D eigenvalue weighted by molar-refractivity contribution is 5.92. The highest BCUT2D eigenvalue weighted by Gasteiger charge is 2.08. The van der Waals surface area contributed by atoms with Gasteiger partial charge in [-0.1, -0.05) is 6.07 Å². The summed E-state index contributed by atoms with van der Waals surface area (Å²) in [4.78, 5) is 15.9. The number of nitrogens with two attached hydrogens (primary N) is 1. The lowest BCUT2D eigenvalue weighted by atomic mass is 10.3. The molecule has 6 heteroatoms. The lowest BCUT2D eigenvalue weighted by Crippen LogP contribution is -2.23. The Morgan fingerprint density at radius 1 is 1.53 bits per heavy atom. The number of nitrogen functional groups attached to an aromatic ring is 1. The molecule has 0 bridgehead atoms. The van der Waals surface area contributed by atoms with E-state index < -0.39 is 0 Å². The van der Waals surface area contributed by atoms with E-state index in [1.54, 1.807) is 0 Å². The number of nitrogens with one attached hydrogen (secondary N) is 2. The van der Waals surface area contributed by atoms with Gasteiger partial charge in [-0.25, -0.2) is 0 Å². The molecule has 4 N–H and O–H groups in total. The summed E-state index contributed by atoms with van der Waals surface area (Å²) >= 11 is 0. The summed E-state index contributed by atoms with van der Waals surface area (Å²) in [6.45, 7) is 2.28. The van der Waals surface area contributed by atoms with Crippen molar-refractivity contribution in [1.82, 2.24) is 20.5 Å². The van der Waals surface area contributed by atoms with Gasteiger partial charge >= 0.3 is 0 Å². The van der Waals surface area contributed by atoms with E-state index in [0.29, 0.717) is 18.1 Å². The summed E-state index contributed by atoms with van der Waals surface area (Å²) in [7, 11) is 0. The smallest absolute Gasteiger partial charge is 0.269 e. The quantitative estimate of drug-likeness (QED) is 0.721. The fourth-order valence-corrected chi connectivity index (χ4v) is 1.42. The fraction of sp³-hybridized carbons (Fsp3) is 0.182. The molecule has 2 rings (SSSR count). The van der Waals surface area contributed by atoms with Gasteiger partial charge in [0, 0.05) is 11.8 Å². The zero-order chi connectivity index (χ0) is 12.3. The minimum absolute atomic E-state index is 0.252. The second kappa shape index (κ2) is 4.65. The zero-order valence-corrected chi connectivity index (χ0v) is 9.40. The van der Waals surface area contributed by atoms with E-state index in [1.165, 1.54) is 6.07 Å². The summed E-state index contributed by atoms with van der Waals surface area (Å²) in [5.41, 5.74) is 7.48. The van der Waals surface area contributed by atoms with Crippen molar-refractivity contribution in [2.45, 2.75) is 13.5 Å². The minimum atomic E-state index is -0.252. The first-order chi connectivity index (χ1) is 8.15. The molecule has 6 nitrogen and oxygen atoms in total. The van der Waals surface area contributed by atoms with Gasteiger partial charge in [-0.3, -0.25) is 14.9 Å². The van der Waals surface area contributed by atoms with Crippen molar-refractivity contribution >= 4 is 11.7 Å². The topological polar surface area (TPSA) is 96.7 Å². The molecule has 0 aliphatic carbocycles. The van der Waals surface area contributed by atoms with Crippen LogP contribution < -0.4 is 11.1 Å². The van der Waals surface area contributed by atoms with Crippen LogP contribution in [-0.2, 0) is 6.54 Å². The number of carbonyl (C=O) groups excluding carboxylic acids is 1. The lowest BCUT2D eigenvalue weighted by molar-refractivity contribution is 0.0945. The molecule has 2 heterocycles. The molecule has 17 heavy (non-hydrogen) atoms. The molecule has 1 amide bonds. The number of aryl methyl sites for hydroxylation is 1. The van der Waals surface area contributed by atoms with Crippen LogP contribution in [0.15, 0.2) is 24.3 Å². The number of aromatic amines is 1. The maximum atomic E-state index is 11.7. The van der Waals surface area contributed by atoms with Crippen molar-refractivity contribution in [1.29, 1.82) is 0 Å². The highest BCUT2D eigenvalue weighted by atomic mass is 16.1. The number of amides is 1. The summed E-state index contributed by atoms with van der Waals surface area (Å²) in [6.07, 6.45) is 0. The molecule has 0 saturated carbocycles. The van der Waals surface area contributed by atoms with E-state index >= 15 is 0 Å². The SMILES string of the molecule is Cc1cccc(CNC(=O)c2cc(N)n[nH]2)n1. The maximum Gasteiger partial charge on any atom is 0.269 e. The molecular weight excluding hydrogens is 218 g/mol. The summed E-state index contributed by atoms with van der Waals surface area (Å²) < 4.78 is 0. The van der Waals surface area contributed by atoms with Gasteiger partial charge in [-0.2, -0.15) is 5.10 Å². The van der Waals surface area contributed by atoms with Crippen LogP contribution in [0.4, 0.5) is 5.82 Å². The van der Waals surface area contributed by atoms with Gasteiger partial charge in [-0.15, -0.1) is 0 Å². The standard InChI is InChI=1S/C11H13N5O/c1-7-3-2-4-8(14-7)6-13-11(17)9-5-10(12)16-15-9/h2-5H,6H2,1H3,(H,13,17)(H3,12,15,16). The number of pyridine rings is 1. The number of carbonyl (C=O) groups is 1. The molecule has 0 spiro atoms. The third-order valence-corrected chi connectivity index (χ3v) is 2.22. The van der Waals surface area contributed by atoms with Gasteiger partial charge in [0.1, 0.15) is 11.5 Å². The van der Waals surface area contributed by atoms with Crippen molar-refractivity contribution < 1.29 is 4.79 Å². The normalized spacial score (nSPS) is 10.2. The number of H-pyrrole nitrogens is 1. The number of rotatable bonds is 3. The zero-order valence-electron chi connectivity index (χ0n) is 9.40. The van der Waals surface area contributed by atoms with Gasteiger partial charge in [0.15, 0.2) is 0 Å². The van der Waals surface area contributed by atoms with Crippen molar-refractivity contribution in [2.24, 2.45) is 0 Å². The Morgan fingerprint density at radius 3 is 3.00 bits per heavy atom. The third-order valence-electron chi connectivity index (χ3n) is 2.22. The maximum absolute atomic E-state index is 11.7. The van der Waals surface area contributed by atoms with Gasteiger partial charge in [0.25, 0.3) is 5.91 Å². The van der Waals surface area contributed by atoms with Crippen molar-refractivity contribution in [2.75, 3.05) is 5.73 Å². The number of anilines is 1. The predicted molar refractivity (Wildman–Crippen MR) is 63.1 cm³/mol. The monoisotopic (exact) mass is 231 g/mol. The Balaban J connectivity index is 1.97. The first-order valence-electron chi connectivity index (χ1n) is 5.17. The van der Waals surface area contributed by atoms with Crippen LogP contribution in [-0.4, -0.2) is 21.1 Å². The van der Waals surface area contributed by atoms with Gasteiger partial charge in [0.2, 0.25) is 0 Å². The number of hydrogen-bond donors (Lipinski definition) is 3. The van der Waals surface area contributed by atoms with Crippen LogP contribution in [0.2, 0.25) is 0 Å². The van der Waals surface area contributed by atoms with Crippen molar-refractivity contribution in [3.8, 4) is 0 Å². The molecule has 88 valence electrons. The summed E-state index contributed by atoms with van der Waals surface area (Å²) in [5.74, 6) is 0.0429. The fourth-order valence-electron chi connectivity index (χ4n) is 1.42. The van der Waals surface area contributed by atoms with Gasteiger partial charge in [-0.05, 0) is 19.1 Å². The molecule has 2 aromatic heterocycles. The molecule has 0 atom stereocenters. The Morgan fingerprint density at radius 2 is 2.35 bits per heavy atom. The second-order valence-electron chi connectivity index (χ2n) is 3.66. The molecule has 0 radical (unpaired) electrons. The van der Waals surface area contributed by atoms with Gasteiger partial charge in [0.05, 0.1) is 12.2 Å². The van der Waals surface area contributed by atoms with Crippen LogP contribution in [0, 0.1) is 6.92 Å². The Kier molecular flexibility index (Phi) is 3.04. The first-order valence-corrected chi connectivity index (χ1v) is 5.17. The molecule has 0 aromatic carbocycles. The van der Waals surface area contributed by atoms with Gasteiger partial charge < -0.3 is 11.1 Å². The van der Waals surface area contributed by atoms with E-state index in [1.807, 2.05) is 25.1 Å². The number of hydrogen-bond acceptors (Lipinski definition) is 4. The molecular formula is C11H13N5O. The largest absolute Gasteiger partial charge is 0.382 e. The number of nitrogens with zero attached hydrogens (tertiary/aromatic N) is 2. The Bertz CT molecular complexity index is 534. The van der Waals surface area contributed by atoms with E-state index in [4.69, 9.17) is 5.73 Å². The van der Waals surface area contributed by atoms with Crippen LogP contribution in [0.5, 0.6) is 0 Å². The minimum Gasteiger partial charge on any atom is -0.382 e. The predicted octanol–water partition coefficient (Wildman–Crippen LogP) is 0.625. The Hall–Kier alpha value is -2.37. The van der Waals surface area contributed by atoms with E-state index in [0.717, 1.165) is 11.4 Å². The molecule has 0 aliphatic heterocycles. The lowest BCUT2D eigenvalue weighted by Gasteiger charge is -2.03. The highest BCUT2D eigenvalue weighted by Crippen LogP contribution is 2.01. The molecule has 0 saturated heterocycles. The van der Waals surface area contributed by atoms with Crippen LogP contribution in [0.25, 0.3) is 0 Å². The third kappa shape index (κ3) is 2.81. The van der Waals surface area contributed by atoms with Crippen LogP contribution in [0.3, 0.4) is 0 Å². The molecule has 2 aromatic rings. The average molecular weight is 231 g/mol. The van der Waals surface area contributed by atoms with Crippen molar-refractivity contribution in [3.63, 3.8) is 0 Å². The first kappa shape index (κ1) is 11.1. The second-order valence-corrected chi connectivity index (χ2v) is 3.66. The van der Waals surface area contributed by atoms with E-state index in [-0.39, 0.29) is 5.91 Å². The van der Waals surface area contributed by atoms with Crippen LogP contribution >= 0.6 is 0 Å². The van der Waals surface area contributed by atoms with Crippen molar-refractivity contribution in [3.05, 3.63) is 41.3 Å². The number of aromatic nitrogens is 3.